The lowest BCUT2D eigenvalue weighted by Gasteiger charge is -2.31. The van der Waals surface area contributed by atoms with Crippen LogP contribution in [0.4, 0.5) is 5.82 Å². The van der Waals surface area contributed by atoms with Crippen molar-refractivity contribution in [2.24, 2.45) is 11.8 Å². The highest BCUT2D eigenvalue weighted by Crippen LogP contribution is 2.28. The van der Waals surface area contributed by atoms with Gasteiger partial charge in [0.1, 0.15) is 6.26 Å². The van der Waals surface area contributed by atoms with Gasteiger partial charge in [-0.3, -0.25) is 9.59 Å². The first-order valence-corrected chi connectivity index (χ1v) is 10.9. The summed E-state index contributed by atoms with van der Waals surface area (Å²) in [5.41, 5.74) is 0.547. The van der Waals surface area contributed by atoms with Gasteiger partial charge in [-0.05, 0) is 49.8 Å². The van der Waals surface area contributed by atoms with Crippen LogP contribution in [0.15, 0.2) is 41.3 Å². The normalized spacial score (nSPS) is 18.2. The molecule has 0 spiro atoms. The third-order valence-electron chi connectivity index (χ3n) is 6.13. The minimum absolute atomic E-state index is 0.0502. The fourth-order valence-corrected chi connectivity index (χ4v) is 4.29. The molecule has 2 aromatic heterocycles. The van der Waals surface area contributed by atoms with E-state index < -0.39 is 0 Å². The van der Waals surface area contributed by atoms with Crippen molar-refractivity contribution in [3.8, 4) is 5.75 Å². The van der Waals surface area contributed by atoms with Gasteiger partial charge in [0, 0.05) is 25.2 Å². The summed E-state index contributed by atoms with van der Waals surface area (Å²) in [4.78, 5) is 31.3. The van der Waals surface area contributed by atoms with Crippen LogP contribution < -0.4 is 10.1 Å². The van der Waals surface area contributed by atoms with Gasteiger partial charge in [0.25, 0.3) is 5.91 Å². The lowest BCUT2D eigenvalue weighted by Crippen LogP contribution is -2.41. The number of carbonyl (C=O) groups is 2. The van der Waals surface area contributed by atoms with E-state index in [4.69, 9.17) is 9.15 Å². The quantitative estimate of drug-likeness (QED) is 0.773. The largest absolute Gasteiger partial charge is 0.489 e. The second-order valence-electron chi connectivity index (χ2n) is 8.23. The van der Waals surface area contributed by atoms with E-state index in [-0.39, 0.29) is 17.7 Å². The summed E-state index contributed by atoms with van der Waals surface area (Å²) in [5.74, 6) is 1.43. The number of hydrogen-bond acceptors (Lipinski definition) is 5. The first kappa shape index (κ1) is 20.4. The number of ether oxygens (including phenoxy) is 1. The lowest BCUT2D eigenvalue weighted by molar-refractivity contribution is -0.121. The number of carbonyl (C=O) groups excluding carboxylic acids is 2. The Morgan fingerprint density at radius 1 is 1.13 bits per heavy atom. The second kappa shape index (κ2) is 9.78. The fraction of sp³-hybridized carbons (Fsp3) is 0.522. The third kappa shape index (κ3) is 5.01. The van der Waals surface area contributed by atoms with Crippen molar-refractivity contribution < 1.29 is 18.7 Å². The molecule has 7 heteroatoms. The van der Waals surface area contributed by atoms with Gasteiger partial charge in [-0.15, -0.1) is 0 Å². The summed E-state index contributed by atoms with van der Waals surface area (Å²) < 4.78 is 11.0. The molecule has 1 aliphatic heterocycles. The van der Waals surface area contributed by atoms with Crippen molar-refractivity contribution in [1.82, 2.24) is 9.88 Å². The van der Waals surface area contributed by atoms with E-state index in [2.05, 4.69) is 10.3 Å². The molecule has 4 rings (SSSR count). The molecular weight excluding hydrogens is 382 g/mol. The van der Waals surface area contributed by atoms with Crippen molar-refractivity contribution in [2.75, 3.05) is 25.0 Å². The number of furan rings is 1. The van der Waals surface area contributed by atoms with Crippen molar-refractivity contribution in [3.63, 3.8) is 0 Å². The molecule has 1 saturated carbocycles. The molecule has 0 bridgehead atoms. The Kier molecular flexibility index (Phi) is 6.67. The Hall–Kier alpha value is -2.83. The van der Waals surface area contributed by atoms with Crippen molar-refractivity contribution in [2.45, 2.75) is 44.9 Å². The van der Waals surface area contributed by atoms with Gasteiger partial charge in [0.2, 0.25) is 5.91 Å². The van der Waals surface area contributed by atoms with Crippen LogP contribution in [0.2, 0.25) is 0 Å². The van der Waals surface area contributed by atoms with Crippen LogP contribution in [0.3, 0.4) is 0 Å². The van der Waals surface area contributed by atoms with Gasteiger partial charge in [0.05, 0.1) is 18.4 Å². The summed E-state index contributed by atoms with van der Waals surface area (Å²) >= 11 is 0. The zero-order valence-electron chi connectivity index (χ0n) is 17.2. The van der Waals surface area contributed by atoms with Gasteiger partial charge < -0.3 is 19.4 Å². The molecule has 2 aliphatic rings. The number of aromatic nitrogens is 1. The minimum Gasteiger partial charge on any atom is -0.489 e. The highest BCUT2D eigenvalue weighted by atomic mass is 16.5. The van der Waals surface area contributed by atoms with Gasteiger partial charge in [-0.2, -0.15) is 0 Å². The molecule has 2 amide bonds. The zero-order valence-corrected chi connectivity index (χ0v) is 17.2. The molecule has 2 aromatic rings. The number of amides is 2. The second-order valence-corrected chi connectivity index (χ2v) is 8.23. The maximum Gasteiger partial charge on any atom is 0.257 e. The SMILES string of the molecule is O=C(Nc1ncccc1OCC1CCCCC1)C1CCN(C(=O)c2ccoc2)CC1. The topological polar surface area (TPSA) is 84.7 Å². The molecular formula is C23H29N3O4. The number of anilines is 1. The van der Waals surface area contributed by atoms with E-state index in [1.54, 1.807) is 17.2 Å². The van der Waals surface area contributed by atoms with Crippen molar-refractivity contribution in [3.05, 3.63) is 42.5 Å². The first-order chi connectivity index (χ1) is 14.7. The molecule has 1 N–H and O–H groups in total. The van der Waals surface area contributed by atoms with E-state index in [0.717, 1.165) is 0 Å². The van der Waals surface area contributed by atoms with Crippen LogP contribution in [0.5, 0.6) is 5.75 Å². The lowest BCUT2D eigenvalue weighted by atomic mass is 9.90. The zero-order chi connectivity index (χ0) is 20.8. The molecule has 160 valence electrons. The number of pyridine rings is 1. The van der Waals surface area contributed by atoms with E-state index in [1.807, 2.05) is 12.1 Å². The van der Waals surface area contributed by atoms with E-state index in [0.29, 0.717) is 55.6 Å². The van der Waals surface area contributed by atoms with Crippen LogP contribution in [0.1, 0.15) is 55.3 Å². The maximum atomic E-state index is 12.8. The Bertz CT molecular complexity index is 838. The number of nitrogens with zero attached hydrogens (tertiary/aromatic N) is 2. The van der Waals surface area contributed by atoms with Crippen LogP contribution in [0.25, 0.3) is 0 Å². The molecule has 0 aromatic carbocycles. The van der Waals surface area contributed by atoms with Crippen LogP contribution >= 0.6 is 0 Å². The number of nitrogens with one attached hydrogen (secondary N) is 1. The van der Waals surface area contributed by atoms with Crippen LogP contribution in [-0.2, 0) is 4.79 Å². The predicted octanol–water partition coefficient (Wildman–Crippen LogP) is 4.12. The standard InChI is InChI=1S/C23H29N3O4/c27-22(18-8-12-26(13-9-18)23(28)19-10-14-29-16-19)25-21-20(7-4-11-24-21)30-15-17-5-2-1-3-6-17/h4,7,10-11,14,16-18H,1-3,5-6,8-9,12-13,15H2,(H,24,25,27). The number of hydrogen-bond donors (Lipinski definition) is 1. The Labute approximate surface area is 176 Å². The molecule has 0 unspecified atom stereocenters. The molecule has 0 atom stereocenters. The first-order valence-electron chi connectivity index (χ1n) is 10.9. The summed E-state index contributed by atoms with van der Waals surface area (Å²) in [6, 6.07) is 5.35. The van der Waals surface area contributed by atoms with E-state index in [9.17, 15) is 9.59 Å². The summed E-state index contributed by atoms with van der Waals surface area (Å²) in [5, 5.41) is 2.95. The van der Waals surface area contributed by atoms with Gasteiger partial charge >= 0.3 is 0 Å². The van der Waals surface area contributed by atoms with Crippen LogP contribution in [-0.4, -0.2) is 41.4 Å². The average molecular weight is 412 g/mol. The Balaban J connectivity index is 1.29. The molecule has 7 nitrogen and oxygen atoms in total. The average Bonchev–Trinajstić information content (AvgIpc) is 3.34. The smallest absolute Gasteiger partial charge is 0.257 e. The molecule has 30 heavy (non-hydrogen) atoms. The van der Waals surface area contributed by atoms with Gasteiger partial charge in [-0.25, -0.2) is 4.98 Å². The van der Waals surface area contributed by atoms with Gasteiger partial charge in [0.15, 0.2) is 11.6 Å². The summed E-state index contributed by atoms with van der Waals surface area (Å²) in [6.45, 7) is 1.77. The van der Waals surface area contributed by atoms with Crippen LogP contribution in [0, 0.1) is 11.8 Å². The number of piperidine rings is 1. The molecule has 3 heterocycles. The van der Waals surface area contributed by atoms with Crippen molar-refractivity contribution >= 4 is 17.6 Å². The number of likely N-dealkylation sites (tertiary alicyclic amines) is 1. The summed E-state index contributed by atoms with van der Waals surface area (Å²) in [7, 11) is 0. The Morgan fingerprint density at radius 2 is 1.93 bits per heavy atom. The number of rotatable bonds is 6. The molecule has 1 aliphatic carbocycles. The van der Waals surface area contributed by atoms with Crippen molar-refractivity contribution in [1.29, 1.82) is 0 Å². The van der Waals surface area contributed by atoms with E-state index in [1.165, 1.54) is 44.6 Å². The van der Waals surface area contributed by atoms with E-state index >= 15 is 0 Å². The molecule has 1 saturated heterocycles. The fourth-order valence-electron chi connectivity index (χ4n) is 4.29. The molecule has 0 radical (unpaired) electrons. The minimum atomic E-state index is -0.147. The van der Waals surface area contributed by atoms with Gasteiger partial charge in [-0.1, -0.05) is 19.3 Å². The molecule has 2 fully saturated rings. The highest BCUT2D eigenvalue weighted by molar-refractivity contribution is 5.95. The summed E-state index contributed by atoms with van der Waals surface area (Å²) in [6.07, 6.45) is 12.1. The predicted molar refractivity (Wildman–Crippen MR) is 112 cm³/mol. The Morgan fingerprint density at radius 3 is 2.67 bits per heavy atom. The monoisotopic (exact) mass is 411 g/mol. The highest BCUT2D eigenvalue weighted by Gasteiger charge is 2.29. The third-order valence-corrected chi connectivity index (χ3v) is 6.13. The maximum absolute atomic E-state index is 12.8.